The first kappa shape index (κ1) is 11.7. The Morgan fingerprint density at radius 1 is 1.50 bits per heavy atom. The second-order valence-corrected chi connectivity index (χ2v) is 4.48. The Labute approximate surface area is 87.7 Å². The highest BCUT2D eigenvalue weighted by atomic mass is 16.5. The second-order valence-electron chi connectivity index (χ2n) is 4.48. The van der Waals surface area contributed by atoms with E-state index in [9.17, 15) is 0 Å². The molecule has 0 aromatic heterocycles. The lowest BCUT2D eigenvalue weighted by Crippen LogP contribution is -2.40. The maximum absolute atomic E-state index is 5.32. The van der Waals surface area contributed by atoms with Gasteiger partial charge in [-0.3, -0.25) is 0 Å². The summed E-state index contributed by atoms with van der Waals surface area (Å²) in [5.41, 5.74) is 0.248. The summed E-state index contributed by atoms with van der Waals surface area (Å²) in [6.45, 7) is 11.2. The molecule has 1 fully saturated rings. The van der Waals surface area contributed by atoms with Crippen LogP contribution < -0.4 is 5.32 Å². The maximum atomic E-state index is 5.32. The summed E-state index contributed by atoms with van der Waals surface area (Å²) in [7, 11) is 0. The van der Waals surface area contributed by atoms with E-state index in [0.717, 1.165) is 39.0 Å². The number of nitrogens with one attached hydrogen (secondary N) is 1. The van der Waals surface area contributed by atoms with Crippen molar-refractivity contribution in [2.45, 2.75) is 39.2 Å². The topological polar surface area (TPSA) is 21.3 Å². The Morgan fingerprint density at radius 2 is 2.14 bits per heavy atom. The molecule has 1 heterocycles. The van der Waals surface area contributed by atoms with Crippen LogP contribution in [0.4, 0.5) is 0 Å². The third-order valence-corrected chi connectivity index (χ3v) is 3.32. The SMILES string of the molecule is C=CC(C)(CC)CNC1CCOCC1. The van der Waals surface area contributed by atoms with Crippen LogP contribution in [-0.4, -0.2) is 25.8 Å². The van der Waals surface area contributed by atoms with E-state index in [1.807, 2.05) is 0 Å². The molecular formula is C12H23NO. The fraction of sp³-hybridized carbons (Fsp3) is 0.833. The van der Waals surface area contributed by atoms with Crippen LogP contribution in [0.15, 0.2) is 12.7 Å². The van der Waals surface area contributed by atoms with Crippen molar-refractivity contribution in [3.8, 4) is 0 Å². The molecular weight excluding hydrogens is 174 g/mol. The molecule has 1 N–H and O–H groups in total. The number of rotatable bonds is 5. The highest BCUT2D eigenvalue weighted by Crippen LogP contribution is 2.21. The van der Waals surface area contributed by atoms with E-state index in [0.29, 0.717) is 6.04 Å². The number of hydrogen-bond donors (Lipinski definition) is 1. The van der Waals surface area contributed by atoms with Crippen LogP contribution in [0, 0.1) is 5.41 Å². The van der Waals surface area contributed by atoms with Gasteiger partial charge >= 0.3 is 0 Å². The molecule has 0 aliphatic carbocycles. The Kier molecular flexibility index (Phi) is 4.63. The van der Waals surface area contributed by atoms with E-state index in [4.69, 9.17) is 4.74 Å². The maximum Gasteiger partial charge on any atom is 0.0480 e. The first-order chi connectivity index (χ1) is 6.70. The van der Waals surface area contributed by atoms with Crippen molar-refractivity contribution >= 4 is 0 Å². The van der Waals surface area contributed by atoms with Crippen molar-refractivity contribution in [1.82, 2.24) is 5.32 Å². The lowest BCUT2D eigenvalue weighted by molar-refractivity contribution is 0.0758. The molecule has 0 spiro atoms. The predicted octanol–water partition coefficient (Wildman–Crippen LogP) is 2.36. The molecule has 2 nitrogen and oxygen atoms in total. The molecule has 1 aliphatic rings. The highest BCUT2D eigenvalue weighted by molar-refractivity contribution is 4.92. The Bertz CT molecular complexity index is 175. The normalized spacial score (nSPS) is 23.0. The minimum absolute atomic E-state index is 0.248. The fourth-order valence-electron chi connectivity index (χ4n) is 1.62. The Morgan fingerprint density at radius 3 is 2.64 bits per heavy atom. The monoisotopic (exact) mass is 197 g/mol. The third kappa shape index (κ3) is 3.43. The predicted molar refractivity (Wildman–Crippen MR) is 60.4 cm³/mol. The van der Waals surface area contributed by atoms with E-state index in [-0.39, 0.29) is 5.41 Å². The number of ether oxygens (including phenoxy) is 1. The van der Waals surface area contributed by atoms with Crippen LogP contribution in [-0.2, 0) is 4.74 Å². The molecule has 1 aliphatic heterocycles. The van der Waals surface area contributed by atoms with E-state index in [2.05, 4.69) is 31.8 Å². The van der Waals surface area contributed by atoms with Gasteiger partial charge in [0.2, 0.25) is 0 Å². The third-order valence-electron chi connectivity index (χ3n) is 3.32. The van der Waals surface area contributed by atoms with Crippen molar-refractivity contribution in [2.75, 3.05) is 19.8 Å². The number of hydrogen-bond acceptors (Lipinski definition) is 2. The smallest absolute Gasteiger partial charge is 0.0480 e. The molecule has 1 unspecified atom stereocenters. The molecule has 1 atom stereocenters. The summed E-state index contributed by atoms with van der Waals surface area (Å²) >= 11 is 0. The van der Waals surface area contributed by atoms with Crippen molar-refractivity contribution < 1.29 is 4.74 Å². The summed E-state index contributed by atoms with van der Waals surface area (Å²) < 4.78 is 5.32. The molecule has 2 heteroatoms. The van der Waals surface area contributed by atoms with Gasteiger partial charge in [-0.1, -0.05) is 19.9 Å². The molecule has 0 amide bonds. The zero-order chi connectivity index (χ0) is 10.4. The summed E-state index contributed by atoms with van der Waals surface area (Å²) in [6.07, 6.45) is 5.51. The van der Waals surface area contributed by atoms with Crippen LogP contribution in [0.25, 0.3) is 0 Å². The molecule has 1 rings (SSSR count). The first-order valence-electron chi connectivity index (χ1n) is 5.65. The molecule has 0 aromatic rings. The minimum atomic E-state index is 0.248. The summed E-state index contributed by atoms with van der Waals surface area (Å²) in [4.78, 5) is 0. The second kappa shape index (κ2) is 5.52. The average molecular weight is 197 g/mol. The van der Waals surface area contributed by atoms with Gasteiger partial charge in [0.05, 0.1) is 0 Å². The molecule has 0 aromatic carbocycles. The van der Waals surface area contributed by atoms with Gasteiger partial charge in [0.15, 0.2) is 0 Å². The van der Waals surface area contributed by atoms with Gasteiger partial charge in [0, 0.05) is 25.8 Å². The zero-order valence-corrected chi connectivity index (χ0v) is 9.51. The summed E-state index contributed by atoms with van der Waals surface area (Å²) in [5, 5.41) is 3.61. The van der Waals surface area contributed by atoms with Crippen LogP contribution in [0.1, 0.15) is 33.1 Å². The highest BCUT2D eigenvalue weighted by Gasteiger charge is 2.20. The van der Waals surface area contributed by atoms with Crippen LogP contribution >= 0.6 is 0 Å². The molecule has 0 saturated carbocycles. The zero-order valence-electron chi connectivity index (χ0n) is 9.51. The van der Waals surface area contributed by atoms with Gasteiger partial charge in [-0.05, 0) is 24.7 Å². The molecule has 14 heavy (non-hydrogen) atoms. The standard InChI is InChI=1S/C12H23NO/c1-4-12(3,5-2)10-13-11-6-8-14-9-7-11/h4,11,13H,1,5-10H2,2-3H3. The van der Waals surface area contributed by atoms with Crippen molar-refractivity contribution in [1.29, 1.82) is 0 Å². The molecule has 1 saturated heterocycles. The van der Waals surface area contributed by atoms with Gasteiger partial charge in [-0.2, -0.15) is 0 Å². The average Bonchev–Trinajstić information content (AvgIpc) is 2.27. The van der Waals surface area contributed by atoms with Crippen LogP contribution in [0.2, 0.25) is 0 Å². The van der Waals surface area contributed by atoms with E-state index < -0.39 is 0 Å². The summed E-state index contributed by atoms with van der Waals surface area (Å²) in [5.74, 6) is 0. The quantitative estimate of drug-likeness (QED) is 0.683. The molecule has 82 valence electrons. The van der Waals surface area contributed by atoms with E-state index >= 15 is 0 Å². The fourth-order valence-corrected chi connectivity index (χ4v) is 1.62. The van der Waals surface area contributed by atoms with Crippen LogP contribution in [0.3, 0.4) is 0 Å². The molecule has 0 radical (unpaired) electrons. The minimum Gasteiger partial charge on any atom is -0.381 e. The van der Waals surface area contributed by atoms with Crippen molar-refractivity contribution in [3.05, 3.63) is 12.7 Å². The van der Waals surface area contributed by atoms with Crippen molar-refractivity contribution in [2.24, 2.45) is 5.41 Å². The van der Waals surface area contributed by atoms with Crippen LogP contribution in [0.5, 0.6) is 0 Å². The van der Waals surface area contributed by atoms with E-state index in [1.54, 1.807) is 0 Å². The lowest BCUT2D eigenvalue weighted by atomic mass is 9.87. The van der Waals surface area contributed by atoms with Gasteiger partial charge in [0.25, 0.3) is 0 Å². The van der Waals surface area contributed by atoms with Gasteiger partial charge < -0.3 is 10.1 Å². The van der Waals surface area contributed by atoms with Gasteiger partial charge in [-0.15, -0.1) is 6.58 Å². The Hall–Kier alpha value is -0.340. The van der Waals surface area contributed by atoms with Gasteiger partial charge in [0.1, 0.15) is 0 Å². The van der Waals surface area contributed by atoms with Gasteiger partial charge in [-0.25, -0.2) is 0 Å². The summed E-state index contributed by atoms with van der Waals surface area (Å²) in [6, 6.07) is 0.648. The molecule has 0 bridgehead atoms. The first-order valence-corrected chi connectivity index (χ1v) is 5.65. The Balaban J connectivity index is 2.26. The van der Waals surface area contributed by atoms with E-state index in [1.165, 1.54) is 0 Å². The lowest BCUT2D eigenvalue weighted by Gasteiger charge is -2.30. The largest absolute Gasteiger partial charge is 0.381 e. The van der Waals surface area contributed by atoms with Crippen molar-refractivity contribution in [3.63, 3.8) is 0 Å².